The van der Waals surface area contributed by atoms with Crippen LogP contribution in [0.4, 0.5) is 4.39 Å². The molecule has 1 unspecified atom stereocenters. The highest BCUT2D eigenvalue weighted by Gasteiger charge is 2.20. The average molecular weight is 270 g/mol. The monoisotopic (exact) mass is 269 g/mol. The Bertz CT molecular complexity index is 550. The zero-order valence-electron chi connectivity index (χ0n) is 10.8. The molecule has 98 valence electrons. The molecule has 4 heteroatoms. The van der Waals surface area contributed by atoms with Gasteiger partial charge in [0.2, 0.25) is 0 Å². The normalized spacial score (nSPS) is 13.4. The molecule has 18 heavy (non-hydrogen) atoms. The van der Waals surface area contributed by atoms with Gasteiger partial charge in [-0.05, 0) is 30.7 Å². The third-order valence-corrected chi connectivity index (χ3v) is 3.29. The molecule has 2 aromatic rings. The molecule has 0 aliphatic rings. The van der Waals surface area contributed by atoms with E-state index in [2.05, 4.69) is 19.2 Å². The Morgan fingerprint density at radius 1 is 1.39 bits per heavy atom. The van der Waals surface area contributed by atoms with Crippen LogP contribution in [0, 0.1) is 11.7 Å². The van der Waals surface area contributed by atoms with Crippen molar-refractivity contribution in [3.63, 3.8) is 0 Å². The summed E-state index contributed by atoms with van der Waals surface area (Å²) in [6, 6.07) is 5.29. The number of benzene rings is 1. The quantitative estimate of drug-likeness (QED) is 0.882. The Kier molecular flexibility index (Phi) is 3.93. The van der Waals surface area contributed by atoms with Gasteiger partial charge >= 0.3 is 0 Å². The van der Waals surface area contributed by atoms with Crippen molar-refractivity contribution in [1.29, 1.82) is 0 Å². The second kappa shape index (κ2) is 5.29. The Hall–Kier alpha value is -1.06. The smallest absolute Gasteiger partial charge is 0.184 e. The van der Waals surface area contributed by atoms with Crippen molar-refractivity contribution in [2.24, 2.45) is 5.92 Å². The van der Waals surface area contributed by atoms with Gasteiger partial charge in [-0.25, -0.2) is 4.39 Å². The van der Waals surface area contributed by atoms with Crippen LogP contribution < -0.4 is 5.32 Å². The van der Waals surface area contributed by atoms with Gasteiger partial charge in [0.15, 0.2) is 11.4 Å². The van der Waals surface area contributed by atoms with Crippen LogP contribution in [0.3, 0.4) is 0 Å². The summed E-state index contributed by atoms with van der Waals surface area (Å²) in [5.74, 6) is 0.631. The zero-order chi connectivity index (χ0) is 13.3. The molecule has 0 spiro atoms. The van der Waals surface area contributed by atoms with E-state index in [1.807, 2.05) is 13.0 Å². The molecule has 0 aliphatic heterocycles. The summed E-state index contributed by atoms with van der Waals surface area (Å²) >= 11 is 5.75. The van der Waals surface area contributed by atoms with Gasteiger partial charge in [-0.15, -0.1) is 0 Å². The van der Waals surface area contributed by atoms with Crippen LogP contribution in [-0.2, 0) is 0 Å². The van der Waals surface area contributed by atoms with E-state index in [1.165, 1.54) is 0 Å². The van der Waals surface area contributed by atoms with Gasteiger partial charge in [0.25, 0.3) is 0 Å². The van der Waals surface area contributed by atoms with Crippen molar-refractivity contribution in [2.45, 2.75) is 26.8 Å². The summed E-state index contributed by atoms with van der Waals surface area (Å²) < 4.78 is 19.4. The van der Waals surface area contributed by atoms with Gasteiger partial charge < -0.3 is 9.73 Å². The topological polar surface area (TPSA) is 25.2 Å². The lowest BCUT2D eigenvalue weighted by molar-refractivity contribution is 0.354. The average Bonchev–Trinajstić information content (AvgIpc) is 2.75. The lowest BCUT2D eigenvalue weighted by Crippen LogP contribution is -2.24. The maximum Gasteiger partial charge on any atom is 0.184 e. The number of furan rings is 1. The number of hydrogen-bond donors (Lipinski definition) is 1. The summed E-state index contributed by atoms with van der Waals surface area (Å²) in [7, 11) is 0. The fourth-order valence-electron chi connectivity index (χ4n) is 2.10. The summed E-state index contributed by atoms with van der Waals surface area (Å²) in [6.45, 7) is 7.08. The number of rotatable bonds is 4. The largest absolute Gasteiger partial charge is 0.456 e. The van der Waals surface area contributed by atoms with Crippen molar-refractivity contribution in [1.82, 2.24) is 5.32 Å². The predicted octanol–water partition coefficient (Wildman–Crippen LogP) is 4.53. The second-order valence-electron chi connectivity index (χ2n) is 4.71. The van der Waals surface area contributed by atoms with Crippen LogP contribution in [-0.4, -0.2) is 6.54 Å². The minimum Gasteiger partial charge on any atom is -0.456 e. The molecule has 0 bridgehead atoms. The van der Waals surface area contributed by atoms with Crippen LogP contribution in [0.15, 0.2) is 22.6 Å². The minimum absolute atomic E-state index is 0.0839. The van der Waals surface area contributed by atoms with Crippen molar-refractivity contribution in [3.8, 4) is 0 Å². The first-order valence-corrected chi connectivity index (χ1v) is 6.53. The molecule has 1 aromatic carbocycles. The van der Waals surface area contributed by atoms with Crippen LogP contribution >= 0.6 is 11.6 Å². The van der Waals surface area contributed by atoms with Crippen molar-refractivity contribution < 1.29 is 8.81 Å². The van der Waals surface area contributed by atoms with Gasteiger partial charge in [-0.1, -0.05) is 32.4 Å². The first kappa shape index (κ1) is 13.4. The van der Waals surface area contributed by atoms with Crippen molar-refractivity contribution in [3.05, 3.63) is 34.8 Å². The fourth-order valence-corrected chi connectivity index (χ4v) is 2.25. The Balaban J connectivity index is 2.48. The third kappa shape index (κ3) is 2.38. The second-order valence-corrected chi connectivity index (χ2v) is 5.12. The summed E-state index contributed by atoms with van der Waals surface area (Å²) in [5, 5.41) is 4.18. The number of fused-ring (bicyclic) bond motifs is 1. The number of nitrogens with one attached hydrogen (secondary N) is 1. The first-order valence-electron chi connectivity index (χ1n) is 6.15. The van der Waals surface area contributed by atoms with E-state index in [0.717, 1.165) is 17.7 Å². The van der Waals surface area contributed by atoms with Crippen LogP contribution in [0.25, 0.3) is 11.0 Å². The molecule has 0 saturated carbocycles. The summed E-state index contributed by atoms with van der Waals surface area (Å²) in [6.07, 6.45) is 0. The molecule has 0 fully saturated rings. The van der Waals surface area contributed by atoms with Gasteiger partial charge in [0.1, 0.15) is 5.76 Å². The van der Waals surface area contributed by atoms with E-state index >= 15 is 0 Å². The molecule has 1 heterocycles. The molecular formula is C14H17ClFNO. The molecule has 2 rings (SSSR count). The highest BCUT2D eigenvalue weighted by molar-refractivity contribution is 6.31. The van der Waals surface area contributed by atoms with E-state index < -0.39 is 5.82 Å². The van der Waals surface area contributed by atoms with Crippen molar-refractivity contribution >= 4 is 22.6 Å². The Morgan fingerprint density at radius 2 is 2.11 bits per heavy atom. The Labute approximate surface area is 111 Å². The van der Waals surface area contributed by atoms with Gasteiger partial charge in [-0.2, -0.15) is 0 Å². The van der Waals surface area contributed by atoms with Gasteiger partial charge in [-0.3, -0.25) is 0 Å². The fraction of sp³-hybridized carbons (Fsp3) is 0.429. The summed E-state index contributed by atoms with van der Waals surface area (Å²) in [5.41, 5.74) is 0.237. The van der Waals surface area contributed by atoms with Crippen LogP contribution in [0.2, 0.25) is 5.02 Å². The maximum atomic E-state index is 13.8. The molecule has 0 radical (unpaired) electrons. The molecule has 0 saturated heterocycles. The van der Waals surface area contributed by atoms with E-state index in [4.69, 9.17) is 16.0 Å². The molecule has 1 N–H and O–H groups in total. The highest BCUT2D eigenvalue weighted by Crippen LogP contribution is 2.32. The SMILES string of the molecule is CCNC(c1cc2ccc(Cl)c(F)c2o1)C(C)C. The Morgan fingerprint density at radius 3 is 2.72 bits per heavy atom. The lowest BCUT2D eigenvalue weighted by atomic mass is 10.0. The molecule has 2 nitrogen and oxygen atoms in total. The van der Waals surface area contributed by atoms with Gasteiger partial charge in [0, 0.05) is 5.39 Å². The number of halogens is 2. The van der Waals surface area contributed by atoms with Crippen molar-refractivity contribution in [2.75, 3.05) is 6.54 Å². The van der Waals surface area contributed by atoms with Gasteiger partial charge in [0.05, 0.1) is 11.1 Å². The zero-order valence-corrected chi connectivity index (χ0v) is 11.5. The van der Waals surface area contributed by atoms with E-state index in [9.17, 15) is 4.39 Å². The molecule has 1 atom stereocenters. The van der Waals surface area contributed by atoms with Crippen LogP contribution in [0.5, 0.6) is 0 Å². The molecular weight excluding hydrogens is 253 g/mol. The van der Waals surface area contributed by atoms with Crippen LogP contribution in [0.1, 0.15) is 32.6 Å². The standard InChI is InChI=1S/C14H17ClFNO/c1-4-17-13(8(2)3)11-7-9-5-6-10(15)12(16)14(9)18-11/h5-8,13,17H,4H2,1-3H3. The maximum absolute atomic E-state index is 13.8. The third-order valence-electron chi connectivity index (χ3n) is 3.00. The first-order chi connectivity index (χ1) is 8.54. The molecule has 1 aromatic heterocycles. The van der Waals surface area contributed by atoms with E-state index in [0.29, 0.717) is 5.92 Å². The minimum atomic E-state index is -0.487. The predicted molar refractivity (Wildman–Crippen MR) is 72.4 cm³/mol. The lowest BCUT2D eigenvalue weighted by Gasteiger charge is -2.18. The highest BCUT2D eigenvalue weighted by atomic mass is 35.5. The molecule has 0 amide bonds. The molecule has 0 aliphatic carbocycles. The number of hydrogen-bond acceptors (Lipinski definition) is 2. The van der Waals surface area contributed by atoms with E-state index in [-0.39, 0.29) is 16.6 Å². The van der Waals surface area contributed by atoms with E-state index in [1.54, 1.807) is 12.1 Å². The summed E-state index contributed by atoms with van der Waals surface area (Å²) in [4.78, 5) is 0.